The van der Waals surface area contributed by atoms with E-state index in [0.717, 1.165) is 38.3 Å². The van der Waals surface area contributed by atoms with Crippen molar-refractivity contribution >= 4 is 54.4 Å². The maximum Gasteiger partial charge on any atom is 0.276 e. The molecular formula is C26H28Br2N2O4. The lowest BCUT2D eigenvalue weighted by molar-refractivity contribution is -0.123. The number of amides is 2. The second-order valence-corrected chi connectivity index (χ2v) is 9.53. The first kappa shape index (κ1) is 26.0. The fourth-order valence-corrected chi connectivity index (χ4v) is 4.32. The van der Waals surface area contributed by atoms with Crippen LogP contribution in [0.1, 0.15) is 49.4 Å². The van der Waals surface area contributed by atoms with Crippen molar-refractivity contribution in [1.82, 2.24) is 10.9 Å². The van der Waals surface area contributed by atoms with Gasteiger partial charge in [-0.15, -0.1) is 0 Å². The number of unbranched alkanes of at least 4 members (excludes halogenated alkanes) is 4. The summed E-state index contributed by atoms with van der Waals surface area (Å²) >= 11 is 6.99. The molecule has 0 aromatic heterocycles. The summed E-state index contributed by atoms with van der Waals surface area (Å²) in [4.78, 5) is 24.5. The highest BCUT2D eigenvalue weighted by Crippen LogP contribution is 2.34. The van der Waals surface area contributed by atoms with Gasteiger partial charge in [-0.25, -0.2) is 0 Å². The molecule has 180 valence electrons. The van der Waals surface area contributed by atoms with E-state index in [9.17, 15) is 9.59 Å². The smallest absolute Gasteiger partial charge is 0.276 e. The summed E-state index contributed by atoms with van der Waals surface area (Å²) in [5, 5.41) is 2.01. The molecule has 2 N–H and O–H groups in total. The number of carbonyl (C=O) groups is 2. The van der Waals surface area contributed by atoms with Crippen molar-refractivity contribution in [3.63, 3.8) is 0 Å². The predicted molar refractivity (Wildman–Crippen MR) is 141 cm³/mol. The molecule has 0 unspecified atom stereocenters. The Morgan fingerprint density at radius 2 is 1.62 bits per heavy atom. The molecule has 0 atom stereocenters. The van der Waals surface area contributed by atoms with Crippen LogP contribution in [0.2, 0.25) is 0 Å². The molecule has 0 heterocycles. The molecule has 0 fully saturated rings. The van der Waals surface area contributed by atoms with Gasteiger partial charge in [-0.2, -0.15) is 0 Å². The summed E-state index contributed by atoms with van der Waals surface area (Å²) in [7, 11) is 0. The second kappa shape index (κ2) is 13.3. The van der Waals surface area contributed by atoms with Gasteiger partial charge < -0.3 is 9.47 Å². The number of hydrogen-bond acceptors (Lipinski definition) is 4. The molecule has 3 aromatic rings. The van der Waals surface area contributed by atoms with Crippen LogP contribution < -0.4 is 20.3 Å². The summed E-state index contributed by atoms with van der Waals surface area (Å²) in [5.41, 5.74) is 5.19. The molecule has 0 radical (unpaired) electrons. The lowest BCUT2D eigenvalue weighted by Gasteiger charge is -2.12. The molecule has 0 aliphatic heterocycles. The Labute approximate surface area is 216 Å². The SMILES string of the molecule is CCCCCCCOc1ccc(C(=O)NNC(=O)COc2ccc3cc(Br)ccc3c2Br)cc1. The van der Waals surface area contributed by atoms with Gasteiger partial charge in [-0.05, 0) is 75.6 Å². The fraction of sp³-hybridized carbons (Fsp3) is 0.308. The maximum absolute atomic E-state index is 12.3. The van der Waals surface area contributed by atoms with E-state index >= 15 is 0 Å². The molecular weight excluding hydrogens is 564 g/mol. The van der Waals surface area contributed by atoms with Crippen LogP contribution >= 0.6 is 31.9 Å². The third kappa shape index (κ3) is 7.74. The van der Waals surface area contributed by atoms with Crippen molar-refractivity contribution in [2.75, 3.05) is 13.2 Å². The van der Waals surface area contributed by atoms with Crippen LogP contribution in [0, 0.1) is 0 Å². The number of benzene rings is 3. The molecule has 34 heavy (non-hydrogen) atoms. The van der Waals surface area contributed by atoms with Gasteiger partial charge in [-0.1, -0.05) is 60.7 Å². The second-order valence-electron chi connectivity index (χ2n) is 7.82. The van der Waals surface area contributed by atoms with E-state index in [0.29, 0.717) is 17.9 Å². The van der Waals surface area contributed by atoms with Gasteiger partial charge in [0.2, 0.25) is 0 Å². The average Bonchev–Trinajstić information content (AvgIpc) is 2.84. The van der Waals surface area contributed by atoms with Gasteiger partial charge in [0, 0.05) is 10.0 Å². The van der Waals surface area contributed by atoms with Gasteiger partial charge in [0.15, 0.2) is 6.61 Å². The summed E-state index contributed by atoms with van der Waals surface area (Å²) in [6, 6.07) is 16.4. The Bertz CT molecular complexity index is 1120. The quantitative estimate of drug-likeness (QED) is 0.196. The van der Waals surface area contributed by atoms with E-state index in [-0.39, 0.29) is 6.61 Å². The third-order valence-electron chi connectivity index (χ3n) is 5.19. The van der Waals surface area contributed by atoms with Crippen LogP contribution in [0.25, 0.3) is 10.8 Å². The van der Waals surface area contributed by atoms with Crippen LogP contribution in [-0.4, -0.2) is 25.0 Å². The van der Waals surface area contributed by atoms with E-state index in [1.54, 1.807) is 30.3 Å². The minimum Gasteiger partial charge on any atom is -0.494 e. The zero-order valence-electron chi connectivity index (χ0n) is 19.0. The Morgan fingerprint density at radius 3 is 2.38 bits per heavy atom. The number of fused-ring (bicyclic) bond motifs is 1. The zero-order valence-corrected chi connectivity index (χ0v) is 22.2. The minimum absolute atomic E-state index is 0.244. The van der Waals surface area contributed by atoms with Crippen molar-refractivity contribution in [2.45, 2.75) is 39.0 Å². The van der Waals surface area contributed by atoms with Crippen LogP contribution in [0.15, 0.2) is 63.5 Å². The Kier molecular flexibility index (Phi) is 10.2. The van der Waals surface area contributed by atoms with E-state index < -0.39 is 11.8 Å². The monoisotopic (exact) mass is 590 g/mol. The summed E-state index contributed by atoms with van der Waals surface area (Å²) in [6.45, 7) is 2.61. The first-order valence-electron chi connectivity index (χ1n) is 11.3. The van der Waals surface area contributed by atoms with Crippen molar-refractivity contribution in [1.29, 1.82) is 0 Å². The number of carbonyl (C=O) groups excluding carboxylic acids is 2. The highest BCUT2D eigenvalue weighted by molar-refractivity contribution is 9.11. The number of rotatable bonds is 11. The van der Waals surface area contributed by atoms with Crippen molar-refractivity contribution < 1.29 is 19.1 Å². The predicted octanol–water partition coefficient (Wildman–Crippen LogP) is 6.55. The van der Waals surface area contributed by atoms with E-state index in [2.05, 4.69) is 49.6 Å². The number of halogens is 2. The Balaban J connectivity index is 1.41. The molecule has 0 saturated heterocycles. The molecule has 2 amide bonds. The lowest BCUT2D eigenvalue weighted by Crippen LogP contribution is -2.43. The van der Waals surface area contributed by atoms with E-state index in [1.807, 2.05) is 24.3 Å². The molecule has 0 bridgehead atoms. The van der Waals surface area contributed by atoms with Gasteiger partial charge in [-0.3, -0.25) is 20.4 Å². The van der Waals surface area contributed by atoms with Crippen molar-refractivity contribution in [2.24, 2.45) is 0 Å². The van der Waals surface area contributed by atoms with Gasteiger partial charge >= 0.3 is 0 Å². The number of hydrazine groups is 1. The average molecular weight is 592 g/mol. The van der Waals surface area contributed by atoms with E-state index in [1.165, 1.54) is 19.3 Å². The summed E-state index contributed by atoms with van der Waals surface area (Å²) in [6.07, 6.45) is 5.88. The van der Waals surface area contributed by atoms with E-state index in [4.69, 9.17) is 9.47 Å². The highest BCUT2D eigenvalue weighted by Gasteiger charge is 2.11. The van der Waals surface area contributed by atoms with Gasteiger partial charge in [0.1, 0.15) is 11.5 Å². The first-order chi connectivity index (χ1) is 16.5. The van der Waals surface area contributed by atoms with Crippen LogP contribution in [-0.2, 0) is 4.79 Å². The first-order valence-corrected chi connectivity index (χ1v) is 12.9. The molecule has 0 saturated carbocycles. The molecule has 0 aliphatic carbocycles. The number of hydrogen-bond donors (Lipinski definition) is 2. The van der Waals surface area contributed by atoms with Crippen molar-refractivity contribution in [3.8, 4) is 11.5 Å². The molecule has 6 nitrogen and oxygen atoms in total. The Morgan fingerprint density at radius 1 is 0.853 bits per heavy atom. The van der Waals surface area contributed by atoms with Crippen LogP contribution in [0.5, 0.6) is 11.5 Å². The van der Waals surface area contributed by atoms with Crippen LogP contribution in [0.4, 0.5) is 0 Å². The molecule has 0 spiro atoms. The number of ether oxygens (including phenoxy) is 2. The molecule has 8 heteroatoms. The molecule has 3 rings (SSSR count). The van der Waals surface area contributed by atoms with Crippen LogP contribution in [0.3, 0.4) is 0 Å². The minimum atomic E-state index is -0.473. The van der Waals surface area contributed by atoms with Gasteiger partial charge in [0.25, 0.3) is 11.8 Å². The zero-order chi connectivity index (χ0) is 24.3. The topological polar surface area (TPSA) is 76.7 Å². The molecule has 0 aliphatic rings. The van der Waals surface area contributed by atoms with Gasteiger partial charge in [0.05, 0.1) is 11.1 Å². The molecule has 3 aromatic carbocycles. The third-order valence-corrected chi connectivity index (χ3v) is 6.50. The number of nitrogens with one attached hydrogen (secondary N) is 2. The Hall–Kier alpha value is -2.58. The fourth-order valence-electron chi connectivity index (χ4n) is 3.33. The highest BCUT2D eigenvalue weighted by atomic mass is 79.9. The lowest BCUT2D eigenvalue weighted by atomic mass is 10.1. The summed E-state index contributed by atoms with van der Waals surface area (Å²) in [5.74, 6) is 0.367. The standard InChI is InChI=1S/C26H28Br2N2O4/c1-2-3-4-5-6-15-33-21-11-7-18(8-12-21)26(32)30-29-24(31)17-34-23-14-9-19-16-20(27)10-13-22(19)25(23)28/h7-14,16H,2-6,15,17H2,1H3,(H,29,31)(H,30,32). The largest absolute Gasteiger partial charge is 0.494 e. The maximum atomic E-state index is 12.3. The van der Waals surface area contributed by atoms with Crippen molar-refractivity contribution in [3.05, 3.63) is 69.1 Å². The normalized spacial score (nSPS) is 10.7. The summed E-state index contributed by atoms with van der Waals surface area (Å²) < 4.78 is 13.1.